The number of carboxylic acid groups (broad SMARTS) is 1. The van der Waals surface area contributed by atoms with Gasteiger partial charge in [-0.15, -0.1) is 0 Å². The first kappa shape index (κ1) is 45.7. The Morgan fingerprint density at radius 2 is 1.35 bits per heavy atom. The molecule has 1 aromatic heterocycles. The monoisotopic (exact) mass is 817 g/mol. The second-order valence-electron chi connectivity index (χ2n) is 14.1. The molecule has 2 aliphatic heterocycles. The molecule has 3 heterocycles. The van der Waals surface area contributed by atoms with Gasteiger partial charge in [0, 0.05) is 85.6 Å². The number of carboxylic acids is 1. The number of aliphatic hydroxyl groups is 1. The number of fused-ring (bicyclic) bond motifs is 1. The summed E-state index contributed by atoms with van der Waals surface area (Å²) in [6.45, 7) is 7.43. The molecule has 0 radical (unpaired) electrons. The van der Waals surface area contributed by atoms with Crippen LogP contribution in [0.15, 0.2) is 30.3 Å². The minimum absolute atomic E-state index is 0.0252. The molecule has 4 atom stereocenters. The number of carbonyl (C=O) groups excluding carboxylic acids is 4. The zero-order valence-electron chi connectivity index (χ0n) is 32.9. The number of aliphatic hydroxyl groups excluding tert-OH is 1. The maximum absolute atomic E-state index is 12.7. The highest BCUT2D eigenvalue weighted by atomic mass is 32.2. The number of rotatable bonds is 26. The highest BCUT2D eigenvalue weighted by molar-refractivity contribution is 8.00. The third-order valence-electron chi connectivity index (χ3n) is 9.63. The summed E-state index contributed by atoms with van der Waals surface area (Å²) in [5, 5.41) is 31.9. The molecule has 8 N–H and O–H groups in total. The molecule has 0 saturated carbocycles. The summed E-state index contributed by atoms with van der Waals surface area (Å²) in [6, 6.07) is 8.54. The number of nitrogens with one attached hydrogen (secondary N) is 6. The Labute approximate surface area is 338 Å². The Bertz CT molecular complexity index is 1610. The number of hydrogen-bond acceptors (Lipinski definition) is 12. The fourth-order valence-corrected chi connectivity index (χ4v) is 8.24. The molecule has 17 nitrogen and oxygen atoms in total. The molecule has 57 heavy (non-hydrogen) atoms. The largest absolute Gasteiger partial charge is 0.478 e. The number of hydrogen-bond donors (Lipinski definition) is 8. The van der Waals surface area contributed by atoms with Crippen molar-refractivity contribution in [3.63, 3.8) is 0 Å². The smallest absolute Gasteiger partial charge is 0.337 e. The first-order chi connectivity index (χ1) is 27.5. The Morgan fingerprint density at radius 3 is 1.98 bits per heavy atom. The van der Waals surface area contributed by atoms with E-state index in [9.17, 15) is 34.2 Å². The van der Waals surface area contributed by atoms with Crippen molar-refractivity contribution >= 4 is 41.4 Å². The summed E-state index contributed by atoms with van der Waals surface area (Å²) in [5.41, 5.74) is 6.86. The third-order valence-corrected chi connectivity index (χ3v) is 11.1. The quantitative estimate of drug-likeness (QED) is 0.0500. The predicted molar refractivity (Wildman–Crippen MR) is 214 cm³/mol. The van der Waals surface area contributed by atoms with Gasteiger partial charge in [0.05, 0.1) is 37.7 Å². The molecule has 2 aromatic rings. The summed E-state index contributed by atoms with van der Waals surface area (Å²) < 4.78 is 18.4. The lowest BCUT2D eigenvalue weighted by Gasteiger charge is -2.17. The lowest BCUT2D eigenvalue weighted by Crippen LogP contribution is -2.41. The van der Waals surface area contributed by atoms with E-state index in [1.807, 2.05) is 37.7 Å². The molecule has 2 fully saturated rings. The summed E-state index contributed by atoms with van der Waals surface area (Å²) in [4.78, 5) is 61.0. The van der Waals surface area contributed by atoms with Gasteiger partial charge in [0.1, 0.15) is 0 Å². The van der Waals surface area contributed by atoms with Crippen molar-refractivity contribution in [2.24, 2.45) is 0 Å². The van der Waals surface area contributed by atoms with Gasteiger partial charge in [-0.3, -0.25) is 40.7 Å². The Balaban J connectivity index is 0.897. The van der Waals surface area contributed by atoms with E-state index < -0.39 is 24.1 Å². The van der Waals surface area contributed by atoms with Gasteiger partial charge >= 0.3 is 5.97 Å². The van der Waals surface area contributed by atoms with Gasteiger partial charge in [-0.05, 0) is 76.3 Å². The summed E-state index contributed by atoms with van der Waals surface area (Å²) in [6.07, 6.45) is 4.62. The van der Waals surface area contributed by atoms with Crippen LogP contribution >= 0.6 is 11.8 Å². The number of amides is 4. The van der Waals surface area contributed by atoms with Gasteiger partial charge in [0.2, 0.25) is 17.7 Å². The van der Waals surface area contributed by atoms with Crippen LogP contribution in [0.1, 0.15) is 89.9 Å². The van der Waals surface area contributed by atoms with Gasteiger partial charge in [0.15, 0.2) is 6.35 Å². The number of carbonyl (C=O) groups is 5. The number of aromatic nitrogens is 1. The molecule has 0 aliphatic carbocycles. The topological polar surface area (TPSA) is 231 Å². The second kappa shape index (κ2) is 24.7. The number of aryl methyl sites for hydroxylation is 2. The van der Waals surface area contributed by atoms with Crippen LogP contribution in [0.2, 0.25) is 0 Å². The van der Waals surface area contributed by atoms with E-state index in [0.717, 1.165) is 42.8 Å². The average Bonchev–Trinajstić information content (AvgIpc) is 3.86. The second-order valence-corrected chi connectivity index (χ2v) is 15.3. The molecule has 2 aliphatic rings. The van der Waals surface area contributed by atoms with Gasteiger partial charge < -0.3 is 39.6 Å². The van der Waals surface area contributed by atoms with Crippen LogP contribution in [-0.4, -0.2) is 127 Å². The van der Waals surface area contributed by atoms with E-state index in [0.29, 0.717) is 88.6 Å². The van der Waals surface area contributed by atoms with E-state index in [2.05, 4.69) is 32.1 Å². The minimum atomic E-state index is -1.12. The molecular formula is C39H59N7O10S. The van der Waals surface area contributed by atoms with Crippen LogP contribution in [0.5, 0.6) is 0 Å². The molecule has 4 amide bonds. The van der Waals surface area contributed by atoms with E-state index in [1.54, 1.807) is 4.57 Å². The van der Waals surface area contributed by atoms with Crippen molar-refractivity contribution in [2.45, 2.75) is 95.3 Å². The fourth-order valence-electron chi connectivity index (χ4n) is 6.68. The van der Waals surface area contributed by atoms with E-state index in [4.69, 9.17) is 14.2 Å². The zero-order chi connectivity index (χ0) is 41.0. The molecule has 1 unspecified atom stereocenters. The van der Waals surface area contributed by atoms with Gasteiger partial charge in [-0.1, -0.05) is 6.42 Å². The van der Waals surface area contributed by atoms with Crippen molar-refractivity contribution in [3.8, 4) is 5.69 Å². The van der Waals surface area contributed by atoms with Crippen LogP contribution in [-0.2, 0) is 28.6 Å². The fraction of sp³-hybridized carbons (Fsp3) is 0.615. The van der Waals surface area contributed by atoms with Gasteiger partial charge in [-0.2, -0.15) is 11.8 Å². The van der Waals surface area contributed by atoms with E-state index in [1.165, 1.54) is 18.2 Å². The maximum Gasteiger partial charge on any atom is 0.337 e. The first-order valence-corrected chi connectivity index (χ1v) is 20.8. The first-order valence-electron chi connectivity index (χ1n) is 19.7. The van der Waals surface area contributed by atoms with Crippen LogP contribution in [0.25, 0.3) is 5.69 Å². The highest BCUT2D eigenvalue weighted by Crippen LogP contribution is 2.33. The maximum atomic E-state index is 12.7. The summed E-state index contributed by atoms with van der Waals surface area (Å²) >= 11 is 1.93. The Kier molecular flexibility index (Phi) is 19.8. The number of aromatic carboxylic acids is 1. The molecule has 2 saturated heterocycles. The normalized spacial score (nSPS) is 18.6. The van der Waals surface area contributed by atoms with E-state index >= 15 is 0 Å². The molecule has 316 valence electrons. The van der Waals surface area contributed by atoms with Crippen LogP contribution < -0.4 is 32.1 Å². The van der Waals surface area contributed by atoms with Crippen molar-refractivity contribution in [2.75, 3.05) is 58.5 Å². The average molecular weight is 818 g/mol. The van der Waals surface area contributed by atoms with Gasteiger partial charge in [0.25, 0.3) is 5.91 Å². The lowest BCUT2D eigenvalue weighted by molar-refractivity contribution is -0.123. The van der Waals surface area contributed by atoms with Crippen molar-refractivity contribution in [1.29, 1.82) is 0 Å². The Morgan fingerprint density at radius 1 is 0.754 bits per heavy atom. The summed E-state index contributed by atoms with van der Waals surface area (Å²) in [5.74, 6) is -1.31. The van der Waals surface area contributed by atoms with Crippen LogP contribution in [0, 0.1) is 13.8 Å². The molecular weight excluding hydrogens is 759 g/mol. The van der Waals surface area contributed by atoms with Crippen LogP contribution in [0.4, 0.5) is 0 Å². The zero-order valence-corrected chi connectivity index (χ0v) is 33.8. The van der Waals surface area contributed by atoms with Crippen molar-refractivity contribution in [3.05, 3.63) is 52.8 Å². The standard InChI is InChI=1S/C39H59N7O10S/c1-26-12-13-27(2)46(26)31-24-28(14-15-29(31)38(51)52)37(50)45-44-35(49)11-5-10-34(48)41-17-7-19-55-21-23-56-22-20-54-18-6-16-40-33(47)9-4-3-8-32-36-30(25-57-32)42-39(53)43-36/h12-15,24,30,32,36,39,42-43,53H,3-11,16-23,25H2,1-2H3,(H,40,47)(H,41,48)(H,44,49)(H,45,50)(H,51,52)/t30-,32+,36-,39?/m1/s1. The number of benzene rings is 1. The molecule has 18 heteroatoms. The van der Waals surface area contributed by atoms with Crippen molar-refractivity contribution in [1.82, 2.24) is 36.7 Å². The summed E-state index contributed by atoms with van der Waals surface area (Å²) in [7, 11) is 0. The molecule has 0 bridgehead atoms. The number of ether oxygens (including phenoxy) is 3. The van der Waals surface area contributed by atoms with Crippen LogP contribution in [0.3, 0.4) is 0 Å². The lowest BCUT2D eigenvalue weighted by atomic mass is 10.0. The molecule has 0 spiro atoms. The minimum Gasteiger partial charge on any atom is -0.478 e. The third kappa shape index (κ3) is 15.7. The SMILES string of the molecule is Cc1ccc(C)n1-c1cc(C(=O)NNC(=O)CCCC(=O)NCCCOCCOCCOCCCNC(=O)CCCC[C@@H]2SC[C@H]3NC(O)N[C@@H]23)ccc1C(=O)O. The van der Waals surface area contributed by atoms with E-state index in [-0.39, 0.29) is 42.2 Å². The molecule has 4 rings (SSSR count). The number of nitrogens with zero attached hydrogens (tertiary/aromatic N) is 1. The highest BCUT2D eigenvalue weighted by Gasteiger charge is 2.42. The predicted octanol–water partition coefficient (Wildman–Crippen LogP) is 1.67. The van der Waals surface area contributed by atoms with Crippen molar-refractivity contribution < 1.29 is 48.4 Å². The number of thioether (sulfide) groups is 1. The number of unbranched alkanes of at least 4 members (excludes halogenated alkanes) is 1. The van der Waals surface area contributed by atoms with Gasteiger partial charge in [-0.25, -0.2) is 4.79 Å². The molecule has 1 aromatic carbocycles. The Hall–Kier alpha value is -4.04. The number of hydrazine groups is 1.